The van der Waals surface area contributed by atoms with Crippen molar-refractivity contribution in [2.75, 3.05) is 63.4 Å². The van der Waals surface area contributed by atoms with Crippen LogP contribution in [0.3, 0.4) is 0 Å². The summed E-state index contributed by atoms with van der Waals surface area (Å²) in [4.78, 5) is 29.3. The molecule has 1 fully saturated rings. The van der Waals surface area contributed by atoms with E-state index in [1.54, 1.807) is 11.9 Å². The fraction of sp³-hybridized carbons (Fsp3) is 0.579. The Hall–Kier alpha value is -2.05. The summed E-state index contributed by atoms with van der Waals surface area (Å²) in [6.45, 7) is 7.70. The second-order valence-electron chi connectivity index (χ2n) is 8.86. The van der Waals surface area contributed by atoms with Crippen LogP contribution in [0.15, 0.2) is 23.5 Å². The number of aromatic nitrogens is 1. The van der Waals surface area contributed by atoms with Crippen LogP contribution in [0.1, 0.15) is 12.1 Å². The quantitative estimate of drug-likeness (QED) is 0.408. The molecule has 1 aromatic rings. The fourth-order valence-corrected chi connectivity index (χ4v) is 4.54. The molecule has 2 atom stereocenters. The van der Waals surface area contributed by atoms with Gasteiger partial charge >= 0.3 is 149 Å². The van der Waals surface area contributed by atoms with Crippen LogP contribution in [0, 0.1) is 16.7 Å². The third kappa shape index (κ3) is 4.50. The molecule has 2 N–H and O–H groups in total. The van der Waals surface area contributed by atoms with Crippen LogP contribution < -0.4 is 10.3 Å². The van der Waals surface area contributed by atoms with Gasteiger partial charge in [-0.3, -0.25) is 4.79 Å². The maximum absolute atomic E-state index is 11.7. The number of carbonyl (C=O) groups excluding carboxylic acids is 1. The second kappa shape index (κ2) is 8.13. The Morgan fingerprint density at radius 2 is 2.14 bits per heavy atom. The van der Waals surface area contributed by atoms with Crippen LogP contribution in [0.25, 0.3) is 5.57 Å². The summed E-state index contributed by atoms with van der Waals surface area (Å²) in [5.41, 5.74) is 2.80. The molecule has 154 valence electrons. The number of carbonyl (C=O) groups is 1. The minimum atomic E-state index is -1.31. The average Bonchev–Trinajstić information content (AvgIpc) is 3.23. The molecule has 1 aliphatic carbocycles. The monoisotopic (exact) mass is 407 g/mol. The number of likely N-dealkylation sites (tertiary alicyclic amines) is 1. The van der Waals surface area contributed by atoms with Crippen molar-refractivity contribution >= 4 is 30.2 Å². The van der Waals surface area contributed by atoms with E-state index in [4.69, 9.17) is 10.1 Å². The number of nitroso groups, excluding NO2 is 1. The predicted octanol–water partition coefficient (Wildman–Crippen LogP) is 2.06. The van der Waals surface area contributed by atoms with Gasteiger partial charge in [-0.2, -0.15) is 0 Å². The molecule has 0 spiro atoms. The van der Waals surface area contributed by atoms with E-state index in [-0.39, 0.29) is 5.91 Å². The van der Waals surface area contributed by atoms with E-state index in [0.29, 0.717) is 30.7 Å². The van der Waals surface area contributed by atoms with Crippen molar-refractivity contribution in [3.05, 3.63) is 28.8 Å². The first-order valence-electron chi connectivity index (χ1n) is 9.63. The van der Waals surface area contributed by atoms with Gasteiger partial charge in [0.2, 0.25) is 0 Å². The zero-order valence-electron chi connectivity index (χ0n) is 17.0. The number of anilines is 2. The molecule has 0 radical (unpaired) electrons. The first-order valence-corrected chi connectivity index (χ1v) is 13.3. The topological polar surface area (TPSA) is 98.1 Å². The summed E-state index contributed by atoms with van der Waals surface area (Å²) >= 11 is 0. The molecule has 2 unspecified atom stereocenters. The molecular formula is C19H30N5O3P. The summed E-state index contributed by atoms with van der Waals surface area (Å²) in [5.74, 6) is 0.979. The van der Waals surface area contributed by atoms with Crippen LogP contribution in [-0.4, -0.2) is 73.9 Å². The van der Waals surface area contributed by atoms with E-state index in [9.17, 15) is 9.70 Å². The Labute approximate surface area is 166 Å². The number of fused-ring (bicyclic) bond motifs is 1. The number of nitrogens with zero attached hydrogens (tertiary/aromatic N) is 4. The normalized spacial score (nSPS) is 21.9. The fourth-order valence-electron chi connectivity index (χ4n) is 3.81. The summed E-state index contributed by atoms with van der Waals surface area (Å²) in [7, 11) is 0.297. The number of allylic oxidation sites excluding steroid dienone is 1. The SMILES string of the molecule is CN(N=O)c1nc(C2=CC3CN(C(=O)CO)CC3C2)ccc1NC[PH](C)(C)C. The number of aliphatic hydroxyl groups is 1. The molecule has 8 nitrogen and oxygen atoms in total. The molecular weight excluding hydrogens is 377 g/mol. The standard InChI is InChI=1S/C19H30N5O3P/c1-23(22-27)19-17(20-12-28(2,3)4)6-5-16(21-19)13-7-14-9-24(18(26)11-25)10-15(14)8-13/h5-7,14-15,20,25,28H,8-12H2,1-4H3. The minimum absolute atomic E-state index is 0.207. The Balaban J connectivity index is 1.80. The third-order valence-corrected chi connectivity index (χ3v) is 6.56. The Bertz CT molecular complexity index is 792. The number of pyridine rings is 1. The van der Waals surface area contributed by atoms with E-state index in [0.717, 1.165) is 29.7 Å². The molecule has 0 saturated carbocycles. The number of hydrogen-bond donors (Lipinski definition) is 2. The number of hydrogen-bond acceptors (Lipinski definition) is 6. The van der Waals surface area contributed by atoms with Crippen LogP contribution in [0.2, 0.25) is 0 Å². The summed E-state index contributed by atoms with van der Waals surface area (Å²) in [6.07, 6.45) is 3.91. The summed E-state index contributed by atoms with van der Waals surface area (Å²) < 4.78 is 0. The van der Waals surface area contributed by atoms with Crippen molar-refractivity contribution in [1.82, 2.24) is 9.88 Å². The van der Waals surface area contributed by atoms with Gasteiger partial charge in [0.05, 0.1) is 0 Å². The molecule has 2 aliphatic rings. The van der Waals surface area contributed by atoms with Gasteiger partial charge in [0, 0.05) is 0 Å². The number of aliphatic hydroxyl groups excluding tert-OH is 1. The van der Waals surface area contributed by atoms with Gasteiger partial charge in [-0.05, 0) is 0 Å². The molecule has 1 saturated heterocycles. The van der Waals surface area contributed by atoms with Crippen LogP contribution in [-0.2, 0) is 4.79 Å². The van der Waals surface area contributed by atoms with Crippen molar-refractivity contribution in [3.8, 4) is 0 Å². The molecule has 9 heteroatoms. The Kier molecular flexibility index (Phi) is 6.01. The van der Waals surface area contributed by atoms with Crippen molar-refractivity contribution in [2.24, 2.45) is 17.1 Å². The van der Waals surface area contributed by atoms with Crippen molar-refractivity contribution in [3.63, 3.8) is 0 Å². The van der Waals surface area contributed by atoms with Gasteiger partial charge in [-0.15, -0.1) is 0 Å². The molecule has 0 bridgehead atoms. The zero-order valence-corrected chi connectivity index (χ0v) is 18.0. The molecule has 1 aromatic heterocycles. The van der Waals surface area contributed by atoms with Gasteiger partial charge in [0.25, 0.3) is 0 Å². The molecule has 3 rings (SSSR count). The second-order valence-corrected chi connectivity index (χ2v) is 14.3. The van der Waals surface area contributed by atoms with Crippen molar-refractivity contribution in [1.29, 1.82) is 0 Å². The number of nitrogens with one attached hydrogen (secondary N) is 1. The van der Waals surface area contributed by atoms with E-state index in [2.05, 4.69) is 36.7 Å². The summed E-state index contributed by atoms with van der Waals surface area (Å²) in [6, 6.07) is 3.95. The molecule has 1 amide bonds. The van der Waals surface area contributed by atoms with Gasteiger partial charge < -0.3 is 5.11 Å². The van der Waals surface area contributed by atoms with E-state index in [1.807, 2.05) is 12.1 Å². The van der Waals surface area contributed by atoms with E-state index in [1.165, 1.54) is 5.01 Å². The first-order chi connectivity index (χ1) is 13.2. The Morgan fingerprint density at radius 1 is 1.39 bits per heavy atom. The van der Waals surface area contributed by atoms with Gasteiger partial charge in [-0.1, -0.05) is 0 Å². The van der Waals surface area contributed by atoms with Crippen molar-refractivity contribution in [2.45, 2.75) is 6.42 Å². The number of amides is 1. The third-order valence-electron chi connectivity index (χ3n) is 5.32. The number of rotatable bonds is 7. The maximum atomic E-state index is 11.7. The predicted molar refractivity (Wildman–Crippen MR) is 116 cm³/mol. The van der Waals surface area contributed by atoms with Crippen LogP contribution in [0.4, 0.5) is 11.5 Å². The average molecular weight is 407 g/mol. The Morgan fingerprint density at radius 3 is 2.75 bits per heavy atom. The molecule has 2 heterocycles. The van der Waals surface area contributed by atoms with Crippen molar-refractivity contribution < 1.29 is 9.90 Å². The molecule has 28 heavy (non-hydrogen) atoms. The van der Waals surface area contributed by atoms with Gasteiger partial charge in [0.15, 0.2) is 0 Å². The molecule has 1 aliphatic heterocycles. The van der Waals surface area contributed by atoms with Gasteiger partial charge in [0.1, 0.15) is 6.61 Å². The summed E-state index contributed by atoms with van der Waals surface area (Å²) in [5, 5.41) is 16.8. The molecule has 0 aromatic carbocycles. The van der Waals surface area contributed by atoms with Gasteiger partial charge in [-0.25, -0.2) is 0 Å². The van der Waals surface area contributed by atoms with Crippen LogP contribution in [0.5, 0.6) is 0 Å². The first kappa shape index (κ1) is 20.7. The van der Waals surface area contributed by atoms with E-state index < -0.39 is 13.9 Å². The van der Waals surface area contributed by atoms with Crippen LogP contribution >= 0.6 is 7.26 Å². The zero-order chi connectivity index (χ0) is 20.5. The van der Waals surface area contributed by atoms with E-state index >= 15 is 0 Å².